The summed E-state index contributed by atoms with van der Waals surface area (Å²) < 4.78 is 5.00. The summed E-state index contributed by atoms with van der Waals surface area (Å²) in [7, 11) is 1.49. The van der Waals surface area contributed by atoms with Crippen molar-refractivity contribution in [1.29, 1.82) is 0 Å². The zero-order chi connectivity index (χ0) is 13.6. The van der Waals surface area contributed by atoms with Crippen LogP contribution in [-0.4, -0.2) is 59.1 Å². The molecule has 0 bridgehead atoms. The highest BCUT2D eigenvalue weighted by Crippen LogP contribution is 2.22. The molecule has 0 radical (unpaired) electrons. The van der Waals surface area contributed by atoms with E-state index in [0.717, 1.165) is 0 Å². The number of aliphatic hydroxyl groups is 3. The number of phenols is 1. The lowest BCUT2D eigenvalue weighted by molar-refractivity contribution is 0.0718. The Hall–Kier alpha value is -1.63. The standard InChI is InChI=1S/C12H17NO5/c1-18-10-2-3-11(17)9(4-10)5-13-12(6-14,7-15)8-16/h2-5,14-17H,6-8H2,1H3. The number of hydrogen-bond acceptors (Lipinski definition) is 6. The van der Waals surface area contributed by atoms with E-state index in [1.165, 1.54) is 19.4 Å². The van der Waals surface area contributed by atoms with Gasteiger partial charge in [0, 0.05) is 11.8 Å². The normalized spacial score (nSPS) is 12.0. The molecule has 1 rings (SSSR count). The largest absolute Gasteiger partial charge is 0.507 e. The topological polar surface area (TPSA) is 103 Å². The fourth-order valence-electron chi connectivity index (χ4n) is 1.24. The molecule has 100 valence electrons. The molecule has 0 saturated heterocycles. The summed E-state index contributed by atoms with van der Waals surface area (Å²) in [4.78, 5) is 3.93. The van der Waals surface area contributed by atoms with Gasteiger partial charge in [-0.2, -0.15) is 0 Å². The van der Waals surface area contributed by atoms with Crippen molar-refractivity contribution < 1.29 is 25.2 Å². The molecule has 0 heterocycles. The number of hydrogen-bond donors (Lipinski definition) is 4. The van der Waals surface area contributed by atoms with E-state index in [1.54, 1.807) is 12.1 Å². The van der Waals surface area contributed by atoms with E-state index in [4.69, 9.17) is 20.1 Å². The van der Waals surface area contributed by atoms with Crippen molar-refractivity contribution in [2.75, 3.05) is 26.9 Å². The third-order valence-electron chi connectivity index (χ3n) is 2.60. The van der Waals surface area contributed by atoms with Gasteiger partial charge in [-0.05, 0) is 18.2 Å². The number of phenolic OH excluding ortho intramolecular Hbond substituents is 1. The van der Waals surface area contributed by atoms with Crippen molar-refractivity contribution in [1.82, 2.24) is 0 Å². The first-order chi connectivity index (χ1) is 8.60. The molecule has 6 heteroatoms. The maximum Gasteiger partial charge on any atom is 0.129 e. The summed E-state index contributed by atoms with van der Waals surface area (Å²) >= 11 is 0. The zero-order valence-electron chi connectivity index (χ0n) is 10.1. The molecule has 6 nitrogen and oxygen atoms in total. The van der Waals surface area contributed by atoms with Crippen LogP contribution in [0.4, 0.5) is 0 Å². The van der Waals surface area contributed by atoms with E-state index in [2.05, 4.69) is 4.99 Å². The van der Waals surface area contributed by atoms with Crippen LogP contribution < -0.4 is 4.74 Å². The third kappa shape index (κ3) is 3.19. The molecule has 18 heavy (non-hydrogen) atoms. The van der Waals surface area contributed by atoms with Crippen molar-refractivity contribution in [3.63, 3.8) is 0 Å². The Morgan fingerprint density at radius 3 is 2.33 bits per heavy atom. The van der Waals surface area contributed by atoms with Crippen LogP contribution in [0.25, 0.3) is 0 Å². The second kappa shape index (κ2) is 6.34. The third-order valence-corrected chi connectivity index (χ3v) is 2.60. The number of ether oxygens (including phenoxy) is 1. The molecule has 0 aliphatic rings. The van der Waals surface area contributed by atoms with Crippen molar-refractivity contribution in [3.8, 4) is 11.5 Å². The second-order valence-electron chi connectivity index (χ2n) is 3.88. The summed E-state index contributed by atoms with van der Waals surface area (Å²) in [5.74, 6) is 0.527. The van der Waals surface area contributed by atoms with Gasteiger partial charge in [-0.15, -0.1) is 0 Å². The predicted octanol–water partition coefficient (Wildman–Crippen LogP) is -0.465. The van der Waals surface area contributed by atoms with Gasteiger partial charge in [0.1, 0.15) is 17.0 Å². The van der Waals surface area contributed by atoms with Crippen molar-refractivity contribution in [2.45, 2.75) is 5.54 Å². The number of aliphatic hydroxyl groups excluding tert-OH is 3. The number of aliphatic imine (C=N–C) groups is 1. The maximum atomic E-state index is 9.61. The molecule has 0 saturated carbocycles. The van der Waals surface area contributed by atoms with E-state index < -0.39 is 25.4 Å². The molecular weight excluding hydrogens is 238 g/mol. The van der Waals surface area contributed by atoms with Crippen LogP contribution in [0.2, 0.25) is 0 Å². The van der Waals surface area contributed by atoms with Crippen LogP contribution in [0.5, 0.6) is 11.5 Å². The quantitative estimate of drug-likeness (QED) is 0.515. The van der Waals surface area contributed by atoms with Gasteiger partial charge in [0.25, 0.3) is 0 Å². The minimum absolute atomic E-state index is 0.0118. The number of benzene rings is 1. The van der Waals surface area contributed by atoms with E-state index >= 15 is 0 Å². The highest BCUT2D eigenvalue weighted by molar-refractivity contribution is 5.84. The molecular formula is C12H17NO5. The highest BCUT2D eigenvalue weighted by Gasteiger charge is 2.26. The minimum Gasteiger partial charge on any atom is -0.507 e. The first kappa shape index (κ1) is 14.4. The first-order valence-corrected chi connectivity index (χ1v) is 5.35. The first-order valence-electron chi connectivity index (χ1n) is 5.35. The van der Waals surface area contributed by atoms with Crippen molar-refractivity contribution in [2.24, 2.45) is 4.99 Å². The Morgan fingerprint density at radius 2 is 1.83 bits per heavy atom. The number of rotatable bonds is 6. The molecule has 0 amide bonds. The maximum absolute atomic E-state index is 9.61. The van der Waals surface area contributed by atoms with Gasteiger partial charge in [-0.25, -0.2) is 0 Å². The van der Waals surface area contributed by atoms with Gasteiger partial charge >= 0.3 is 0 Å². The smallest absolute Gasteiger partial charge is 0.129 e. The second-order valence-corrected chi connectivity index (χ2v) is 3.88. The lowest BCUT2D eigenvalue weighted by Crippen LogP contribution is -2.39. The molecule has 0 aliphatic carbocycles. The minimum atomic E-state index is -1.35. The Bertz CT molecular complexity index is 407. The molecule has 0 aliphatic heterocycles. The van der Waals surface area contributed by atoms with Gasteiger partial charge in [0.2, 0.25) is 0 Å². The van der Waals surface area contributed by atoms with E-state index in [-0.39, 0.29) is 5.75 Å². The Labute approximate surface area is 105 Å². The summed E-state index contributed by atoms with van der Waals surface area (Å²) in [6.07, 6.45) is 1.28. The van der Waals surface area contributed by atoms with Gasteiger partial charge in [-0.1, -0.05) is 0 Å². The highest BCUT2D eigenvalue weighted by atomic mass is 16.5. The van der Waals surface area contributed by atoms with E-state index in [9.17, 15) is 5.11 Å². The lowest BCUT2D eigenvalue weighted by atomic mass is 10.0. The Morgan fingerprint density at radius 1 is 1.22 bits per heavy atom. The lowest BCUT2D eigenvalue weighted by Gasteiger charge is -2.22. The Balaban J connectivity index is 3.02. The molecule has 1 aromatic rings. The molecule has 0 fully saturated rings. The van der Waals surface area contributed by atoms with Gasteiger partial charge < -0.3 is 25.2 Å². The monoisotopic (exact) mass is 255 g/mol. The summed E-state index contributed by atoms with van der Waals surface area (Å²) in [6, 6.07) is 4.58. The van der Waals surface area contributed by atoms with E-state index in [0.29, 0.717) is 11.3 Å². The van der Waals surface area contributed by atoms with Crippen LogP contribution in [0.1, 0.15) is 5.56 Å². The number of nitrogens with zero attached hydrogens (tertiary/aromatic N) is 1. The zero-order valence-corrected chi connectivity index (χ0v) is 10.1. The van der Waals surface area contributed by atoms with Crippen molar-refractivity contribution >= 4 is 6.21 Å². The van der Waals surface area contributed by atoms with Crippen LogP contribution in [0.3, 0.4) is 0 Å². The fourth-order valence-corrected chi connectivity index (χ4v) is 1.24. The van der Waals surface area contributed by atoms with Crippen LogP contribution in [0.15, 0.2) is 23.2 Å². The summed E-state index contributed by atoms with van der Waals surface area (Å²) in [5.41, 5.74) is -0.982. The van der Waals surface area contributed by atoms with Gasteiger partial charge in [0.15, 0.2) is 0 Å². The van der Waals surface area contributed by atoms with Crippen molar-refractivity contribution in [3.05, 3.63) is 23.8 Å². The average Bonchev–Trinajstić information content (AvgIpc) is 2.42. The molecule has 1 aromatic carbocycles. The van der Waals surface area contributed by atoms with Gasteiger partial charge in [0.05, 0.1) is 26.9 Å². The van der Waals surface area contributed by atoms with Crippen LogP contribution in [-0.2, 0) is 0 Å². The molecule has 0 unspecified atom stereocenters. The molecule has 0 aromatic heterocycles. The number of aromatic hydroxyl groups is 1. The number of methoxy groups -OCH3 is 1. The summed E-state index contributed by atoms with van der Waals surface area (Å²) in [6.45, 7) is -1.50. The summed E-state index contributed by atoms with van der Waals surface area (Å²) in [5, 5.41) is 36.9. The van der Waals surface area contributed by atoms with Crippen LogP contribution >= 0.6 is 0 Å². The van der Waals surface area contributed by atoms with E-state index in [1.807, 2.05) is 0 Å². The SMILES string of the molecule is COc1ccc(O)c(C=NC(CO)(CO)CO)c1. The average molecular weight is 255 g/mol. The fraction of sp³-hybridized carbons (Fsp3) is 0.417. The molecule has 0 spiro atoms. The van der Waals surface area contributed by atoms with Gasteiger partial charge in [-0.3, -0.25) is 4.99 Å². The molecule has 0 atom stereocenters. The Kier molecular flexibility index (Phi) is 5.08. The molecule has 4 N–H and O–H groups in total. The predicted molar refractivity (Wildman–Crippen MR) is 66.2 cm³/mol. The van der Waals surface area contributed by atoms with Crippen LogP contribution in [0, 0.1) is 0 Å².